The molecule has 0 aromatic heterocycles. The number of ether oxygens (including phenoxy) is 1. The van der Waals surface area contributed by atoms with Crippen LogP contribution in [-0.2, 0) is 0 Å². The first-order chi connectivity index (χ1) is 12.6. The summed E-state index contributed by atoms with van der Waals surface area (Å²) in [6.07, 6.45) is 10.1. The van der Waals surface area contributed by atoms with Gasteiger partial charge in [-0.1, -0.05) is 54.1 Å². The van der Waals surface area contributed by atoms with Crippen LogP contribution in [0.3, 0.4) is 0 Å². The highest BCUT2D eigenvalue weighted by atomic mass is 35.5. The second-order valence-corrected chi connectivity index (χ2v) is 6.92. The SMILES string of the molecule is C/C=C/C1CC=C(c2ccc(-c3ccc(OCC)c(Cl)c3F)cc2)CC1. The molecule has 0 aliphatic heterocycles. The minimum Gasteiger partial charge on any atom is -0.492 e. The molecule has 1 aliphatic carbocycles. The molecule has 0 spiro atoms. The van der Waals surface area contributed by atoms with Crippen LogP contribution < -0.4 is 4.74 Å². The van der Waals surface area contributed by atoms with Crippen molar-refractivity contribution in [2.45, 2.75) is 33.1 Å². The van der Waals surface area contributed by atoms with Crippen LogP contribution in [0.1, 0.15) is 38.7 Å². The molecule has 2 aromatic rings. The van der Waals surface area contributed by atoms with Gasteiger partial charge in [-0.2, -0.15) is 0 Å². The summed E-state index contributed by atoms with van der Waals surface area (Å²) in [5.74, 6) is 0.606. The van der Waals surface area contributed by atoms with Crippen molar-refractivity contribution < 1.29 is 9.13 Å². The molecule has 1 unspecified atom stereocenters. The van der Waals surface area contributed by atoms with E-state index in [0.29, 0.717) is 23.8 Å². The highest BCUT2D eigenvalue weighted by Crippen LogP contribution is 2.36. The molecule has 26 heavy (non-hydrogen) atoms. The van der Waals surface area contributed by atoms with Crippen LogP contribution in [0.2, 0.25) is 5.02 Å². The molecule has 1 atom stereocenters. The first-order valence-electron chi connectivity index (χ1n) is 9.17. The van der Waals surface area contributed by atoms with Gasteiger partial charge < -0.3 is 4.74 Å². The Morgan fingerprint density at radius 1 is 1.15 bits per heavy atom. The predicted molar refractivity (Wildman–Crippen MR) is 108 cm³/mol. The normalized spacial score (nSPS) is 17.4. The third-order valence-electron chi connectivity index (χ3n) is 4.83. The topological polar surface area (TPSA) is 9.23 Å². The smallest absolute Gasteiger partial charge is 0.153 e. The zero-order valence-electron chi connectivity index (χ0n) is 15.3. The number of benzene rings is 2. The van der Waals surface area contributed by atoms with E-state index in [4.69, 9.17) is 16.3 Å². The van der Waals surface area contributed by atoms with Crippen molar-refractivity contribution in [1.29, 1.82) is 0 Å². The predicted octanol–water partition coefficient (Wildman–Crippen LogP) is 7.30. The van der Waals surface area contributed by atoms with E-state index in [2.05, 4.69) is 37.3 Å². The molecular formula is C23H24ClFO. The van der Waals surface area contributed by atoms with Gasteiger partial charge >= 0.3 is 0 Å². The first-order valence-corrected chi connectivity index (χ1v) is 9.55. The van der Waals surface area contributed by atoms with E-state index in [9.17, 15) is 4.39 Å². The van der Waals surface area contributed by atoms with Gasteiger partial charge in [0.1, 0.15) is 10.8 Å². The lowest BCUT2D eigenvalue weighted by molar-refractivity contribution is 0.338. The summed E-state index contributed by atoms with van der Waals surface area (Å²) in [4.78, 5) is 0. The van der Waals surface area contributed by atoms with Crippen molar-refractivity contribution in [2.75, 3.05) is 6.61 Å². The minimum absolute atomic E-state index is 0.0402. The van der Waals surface area contributed by atoms with Gasteiger partial charge in [-0.15, -0.1) is 0 Å². The van der Waals surface area contributed by atoms with Gasteiger partial charge in [-0.3, -0.25) is 0 Å². The molecule has 3 heteroatoms. The number of hydrogen-bond donors (Lipinski definition) is 0. The molecule has 1 aliphatic rings. The fourth-order valence-electron chi connectivity index (χ4n) is 3.45. The van der Waals surface area contributed by atoms with E-state index in [0.717, 1.165) is 18.4 Å². The minimum atomic E-state index is -0.434. The van der Waals surface area contributed by atoms with Crippen molar-refractivity contribution in [3.05, 3.63) is 71.0 Å². The van der Waals surface area contributed by atoms with Gasteiger partial charge in [0, 0.05) is 5.56 Å². The molecule has 0 saturated heterocycles. The molecule has 136 valence electrons. The van der Waals surface area contributed by atoms with Crippen LogP contribution in [0.25, 0.3) is 16.7 Å². The Morgan fingerprint density at radius 2 is 1.88 bits per heavy atom. The Morgan fingerprint density at radius 3 is 2.50 bits per heavy atom. The molecule has 1 nitrogen and oxygen atoms in total. The lowest BCUT2D eigenvalue weighted by Gasteiger charge is -2.19. The lowest BCUT2D eigenvalue weighted by atomic mass is 9.86. The second kappa shape index (κ2) is 8.55. The largest absolute Gasteiger partial charge is 0.492 e. The van der Waals surface area contributed by atoms with Crippen LogP contribution in [0.15, 0.2) is 54.6 Å². The average molecular weight is 371 g/mol. The Bertz CT molecular complexity index is 821. The standard InChI is InChI=1S/C23H24ClFO/c1-3-5-16-6-8-17(9-7-16)18-10-12-19(13-11-18)20-14-15-21(26-4-2)22(24)23(20)25/h3,5,8,10-16H,4,6-7,9H2,1-2H3/b5-3+. The summed E-state index contributed by atoms with van der Waals surface area (Å²) in [7, 11) is 0. The maximum atomic E-state index is 14.6. The third kappa shape index (κ3) is 4.02. The Balaban J connectivity index is 1.81. The van der Waals surface area contributed by atoms with Crippen LogP contribution in [0, 0.1) is 11.7 Å². The molecule has 0 heterocycles. The fraction of sp³-hybridized carbons (Fsp3) is 0.304. The van der Waals surface area contributed by atoms with Crippen LogP contribution in [0.4, 0.5) is 4.39 Å². The molecule has 0 radical (unpaired) electrons. The van der Waals surface area contributed by atoms with Gasteiger partial charge in [0.25, 0.3) is 0 Å². The van der Waals surface area contributed by atoms with E-state index in [1.54, 1.807) is 12.1 Å². The molecule has 0 fully saturated rings. The Hall–Kier alpha value is -2.06. The van der Waals surface area contributed by atoms with E-state index in [1.807, 2.05) is 19.1 Å². The van der Waals surface area contributed by atoms with Crippen molar-refractivity contribution in [1.82, 2.24) is 0 Å². The van der Waals surface area contributed by atoms with Crippen LogP contribution in [-0.4, -0.2) is 6.61 Å². The molecular weight excluding hydrogens is 347 g/mol. The number of allylic oxidation sites excluding steroid dienone is 4. The molecule has 0 amide bonds. The summed E-state index contributed by atoms with van der Waals surface area (Å²) in [5, 5.41) is 0.0402. The second-order valence-electron chi connectivity index (χ2n) is 6.54. The maximum Gasteiger partial charge on any atom is 0.153 e. The number of halogens is 2. The third-order valence-corrected chi connectivity index (χ3v) is 5.18. The number of rotatable bonds is 5. The van der Waals surface area contributed by atoms with Gasteiger partial charge in [0.15, 0.2) is 5.82 Å². The van der Waals surface area contributed by atoms with Gasteiger partial charge in [0.05, 0.1) is 6.61 Å². The Kier molecular flexibility index (Phi) is 6.16. The molecule has 0 N–H and O–H groups in total. The summed E-state index contributed by atoms with van der Waals surface area (Å²) >= 11 is 6.10. The van der Waals surface area contributed by atoms with Gasteiger partial charge in [0.2, 0.25) is 0 Å². The average Bonchev–Trinajstić information content (AvgIpc) is 2.67. The van der Waals surface area contributed by atoms with E-state index in [1.165, 1.54) is 17.6 Å². The summed E-state index contributed by atoms with van der Waals surface area (Å²) in [5.41, 5.74) is 3.91. The Labute approximate surface area is 160 Å². The van der Waals surface area contributed by atoms with Crippen molar-refractivity contribution in [3.8, 4) is 16.9 Å². The van der Waals surface area contributed by atoms with Crippen molar-refractivity contribution in [2.24, 2.45) is 5.92 Å². The van der Waals surface area contributed by atoms with Crippen molar-refractivity contribution in [3.63, 3.8) is 0 Å². The lowest BCUT2D eigenvalue weighted by Crippen LogP contribution is -2.02. The number of hydrogen-bond acceptors (Lipinski definition) is 1. The summed E-state index contributed by atoms with van der Waals surface area (Å²) < 4.78 is 20.0. The van der Waals surface area contributed by atoms with Gasteiger partial charge in [-0.25, -0.2) is 4.39 Å². The molecule has 0 bridgehead atoms. The van der Waals surface area contributed by atoms with Crippen molar-refractivity contribution >= 4 is 17.2 Å². The zero-order valence-corrected chi connectivity index (χ0v) is 16.0. The highest BCUT2D eigenvalue weighted by Gasteiger charge is 2.16. The first kappa shape index (κ1) is 18.7. The van der Waals surface area contributed by atoms with Crippen LogP contribution in [0.5, 0.6) is 5.75 Å². The monoisotopic (exact) mass is 370 g/mol. The maximum absolute atomic E-state index is 14.6. The molecule has 2 aromatic carbocycles. The summed E-state index contributed by atoms with van der Waals surface area (Å²) in [6.45, 7) is 4.38. The quantitative estimate of drug-likeness (QED) is 0.501. The van der Waals surface area contributed by atoms with E-state index < -0.39 is 5.82 Å². The summed E-state index contributed by atoms with van der Waals surface area (Å²) in [6, 6.07) is 11.5. The highest BCUT2D eigenvalue weighted by molar-refractivity contribution is 6.32. The molecule has 0 saturated carbocycles. The van der Waals surface area contributed by atoms with Gasteiger partial charge in [-0.05, 0) is 67.9 Å². The zero-order chi connectivity index (χ0) is 18.5. The van der Waals surface area contributed by atoms with E-state index in [-0.39, 0.29) is 5.02 Å². The van der Waals surface area contributed by atoms with Crippen LogP contribution >= 0.6 is 11.6 Å². The fourth-order valence-corrected chi connectivity index (χ4v) is 3.67. The van der Waals surface area contributed by atoms with E-state index >= 15 is 0 Å². The molecule has 3 rings (SSSR count).